The van der Waals surface area contributed by atoms with Crippen LogP contribution in [0.25, 0.3) is 16.3 Å². The van der Waals surface area contributed by atoms with Gasteiger partial charge in [0.25, 0.3) is 5.91 Å². The molecule has 1 aliphatic heterocycles. The predicted octanol–water partition coefficient (Wildman–Crippen LogP) is 5.93. The summed E-state index contributed by atoms with van der Waals surface area (Å²) >= 11 is 7.11. The molecule has 8 heteroatoms. The van der Waals surface area contributed by atoms with Gasteiger partial charge in [0.1, 0.15) is 23.1 Å². The summed E-state index contributed by atoms with van der Waals surface area (Å²) in [6, 6.07) is 19.5. The maximum atomic E-state index is 14.0. The Labute approximate surface area is 192 Å². The Balaban J connectivity index is 1.65. The Hall–Kier alpha value is -3.55. The largest absolute Gasteiger partial charge is 0.496 e. The normalized spacial score (nSPS) is 15.0. The van der Waals surface area contributed by atoms with E-state index in [1.807, 2.05) is 54.6 Å². The standard InChI is InChI=1S/C24H15ClFN3O2S/c1-31-20-10-6-5-9-15(20)11-19-23(30)29(22(27-19)14-7-3-2-4-8-14)24-28-18-12-16(25)17(26)13-21(18)32-24/h2-13H,1H3. The second-order valence-electron chi connectivity index (χ2n) is 6.94. The molecular weight excluding hydrogens is 449 g/mol. The maximum Gasteiger partial charge on any atom is 0.284 e. The quantitative estimate of drug-likeness (QED) is 0.352. The average molecular weight is 464 g/mol. The summed E-state index contributed by atoms with van der Waals surface area (Å²) in [4.78, 5) is 24.1. The van der Waals surface area contributed by atoms with Crippen molar-refractivity contribution in [2.45, 2.75) is 0 Å². The SMILES string of the molecule is COc1ccccc1C=C1N=C(c2ccccc2)N(c2nc3cc(Cl)c(F)cc3s2)C1=O. The number of carbonyl (C=O) groups excluding carboxylic acids is 1. The number of ether oxygens (including phenoxy) is 1. The molecule has 3 aromatic carbocycles. The summed E-state index contributed by atoms with van der Waals surface area (Å²) in [7, 11) is 1.57. The number of amidine groups is 1. The van der Waals surface area contributed by atoms with Crippen molar-refractivity contribution in [3.63, 3.8) is 0 Å². The molecule has 0 N–H and O–H groups in total. The summed E-state index contributed by atoms with van der Waals surface area (Å²) in [6.07, 6.45) is 1.69. The minimum atomic E-state index is -0.532. The van der Waals surface area contributed by atoms with Crippen LogP contribution in [0.4, 0.5) is 9.52 Å². The molecule has 32 heavy (non-hydrogen) atoms. The van der Waals surface area contributed by atoms with Gasteiger partial charge in [-0.25, -0.2) is 19.3 Å². The molecule has 4 aromatic rings. The van der Waals surface area contributed by atoms with Crippen molar-refractivity contribution in [2.24, 2.45) is 4.99 Å². The number of hydrogen-bond donors (Lipinski definition) is 0. The van der Waals surface area contributed by atoms with Crippen molar-refractivity contribution < 1.29 is 13.9 Å². The first kappa shape index (κ1) is 20.4. The molecule has 0 spiro atoms. The monoisotopic (exact) mass is 463 g/mol. The molecule has 0 bridgehead atoms. The molecule has 0 aliphatic carbocycles. The lowest BCUT2D eigenvalue weighted by atomic mass is 10.1. The predicted molar refractivity (Wildman–Crippen MR) is 126 cm³/mol. The van der Waals surface area contributed by atoms with Crippen LogP contribution in [0.1, 0.15) is 11.1 Å². The molecule has 1 aromatic heterocycles. The van der Waals surface area contributed by atoms with Gasteiger partial charge in [-0.2, -0.15) is 0 Å². The number of methoxy groups -OCH3 is 1. The van der Waals surface area contributed by atoms with Crippen LogP contribution in [0.15, 0.2) is 77.4 Å². The zero-order valence-electron chi connectivity index (χ0n) is 16.8. The van der Waals surface area contributed by atoms with E-state index in [-0.39, 0.29) is 16.6 Å². The molecule has 5 rings (SSSR count). The molecule has 5 nitrogen and oxygen atoms in total. The van der Waals surface area contributed by atoms with Crippen LogP contribution in [0.5, 0.6) is 5.75 Å². The number of fused-ring (bicyclic) bond motifs is 1. The lowest BCUT2D eigenvalue weighted by Gasteiger charge is -2.14. The van der Waals surface area contributed by atoms with E-state index in [1.165, 1.54) is 28.4 Å². The Bertz CT molecular complexity index is 1380. The number of thiazole rings is 1. The van der Waals surface area contributed by atoms with Crippen molar-refractivity contribution in [3.05, 3.63) is 94.4 Å². The number of aliphatic imine (C=N–C) groups is 1. The second kappa shape index (κ2) is 8.18. The zero-order valence-corrected chi connectivity index (χ0v) is 18.3. The van der Waals surface area contributed by atoms with Gasteiger partial charge < -0.3 is 4.74 Å². The number of hydrogen-bond acceptors (Lipinski definition) is 5. The third-order valence-electron chi connectivity index (χ3n) is 4.93. The number of aromatic nitrogens is 1. The van der Waals surface area contributed by atoms with E-state index < -0.39 is 5.82 Å². The number of carbonyl (C=O) groups is 1. The number of nitrogens with zero attached hydrogens (tertiary/aromatic N) is 3. The lowest BCUT2D eigenvalue weighted by molar-refractivity contribution is -0.113. The minimum absolute atomic E-state index is 0.0178. The van der Waals surface area contributed by atoms with Gasteiger partial charge in [-0.05, 0) is 24.3 Å². The number of halogens is 2. The van der Waals surface area contributed by atoms with Crippen molar-refractivity contribution >= 4 is 56.1 Å². The van der Waals surface area contributed by atoms with Crippen LogP contribution in [0.2, 0.25) is 5.02 Å². The number of benzene rings is 3. The summed E-state index contributed by atoms with van der Waals surface area (Å²) < 4.78 is 19.9. The number of para-hydroxylation sites is 1. The summed E-state index contributed by atoms with van der Waals surface area (Å²) in [5, 5.41) is 0.369. The van der Waals surface area contributed by atoms with Gasteiger partial charge in [-0.15, -0.1) is 0 Å². The first-order chi connectivity index (χ1) is 15.5. The first-order valence-electron chi connectivity index (χ1n) is 9.64. The molecule has 2 heterocycles. The summed E-state index contributed by atoms with van der Waals surface area (Å²) in [5.74, 6) is 0.214. The molecule has 0 unspecified atom stereocenters. The van der Waals surface area contributed by atoms with Gasteiger partial charge in [0.2, 0.25) is 0 Å². The third kappa shape index (κ3) is 3.55. The Morgan fingerprint density at radius 2 is 1.84 bits per heavy atom. The molecular formula is C24H15ClFN3O2S. The number of anilines is 1. The van der Waals surface area contributed by atoms with Gasteiger partial charge >= 0.3 is 0 Å². The second-order valence-corrected chi connectivity index (χ2v) is 8.36. The van der Waals surface area contributed by atoms with Crippen LogP contribution >= 0.6 is 22.9 Å². The summed E-state index contributed by atoms with van der Waals surface area (Å²) in [6.45, 7) is 0. The van der Waals surface area contributed by atoms with Crippen molar-refractivity contribution in [1.82, 2.24) is 4.98 Å². The lowest BCUT2D eigenvalue weighted by Crippen LogP contribution is -2.32. The van der Waals surface area contributed by atoms with Crippen LogP contribution in [0, 0.1) is 5.82 Å². The average Bonchev–Trinajstić information content (AvgIpc) is 3.35. The first-order valence-corrected chi connectivity index (χ1v) is 10.8. The van der Waals surface area contributed by atoms with Gasteiger partial charge in [-0.1, -0.05) is 71.5 Å². The van der Waals surface area contributed by atoms with Gasteiger partial charge in [0.05, 0.1) is 22.3 Å². The summed E-state index contributed by atoms with van der Waals surface area (Å²) in [5.41, 5.74) is 2.25. The van der Waals surface area contributed by atoms with E-state index in [2.05, 4.69) is 9.98 Å². The van der Waals surface area contributed by atoms with Crippen LogP contribution in [-0.4, -0.2) is 23.8 Å². The highest BCUT2D eigenvalue weighted by atomic mass is 35.5. The number of amides is 1. The molecule has 0 radical (unpaired) electrons. The smallest absolute Gasteiger partial charge is 0.284 e. The molecule has 0 fully saturated rings. The van der Waals surface area contributed by atoms with E-state index in [1.54, 1.807) is 13.2 Å². The van der Waals surface area contributed by atoms with Crippen LogP contribution in [-0.2, 0) is 4.79 Å². The van der Waals surface area contributed by atoms with Crippen molar-refractivity contribution in [2.75, 3.05) is 12.0 Å². The highest BCUT2D eigenvalue weighted by molar-refractivity contribution is 7.22. The Morgan fingerprint density at radius 1 is 1.09 bits per heavy atom. The Kier molecular flexibility index (Phi) is 5.20. The van der Waals surface area contributed by atoms with Gasteiger partial charge in [0, 0.05) is 11.1 Å². The van der Waals surface area contributed by atoms with Gasteiger partial charge in [-0.3, -0.25) is 4.79 Å². The van der Waals surface area contributed by atoms with E-state index in [9.17, 15) is 9.18 Å². The van der Waals surface area contributed by atoms with E-state index in [4.69, 9.17) is 16.3 Å². The van der Waals surface area contributed by atoms with E-state index in [0.717, 1.165) is 11.1 Å². The minimum Gasteiger partial charge on any atom is -0.496 e. The van der Waals surface area contributed by atoms with Crippen molar-refractivity contribution in [1.29, 1.82) is 0 Å². The molecule has 0 saturated carbocycles. The fourth-order valence-electron chi connectivity index (χ4n) is 3.42. The third-order valence-corrected chi connectivity index (χ3v) is 6.23. The molecule has 1 amide bonds. The molecule has 158 valence electrons. The van der Waals surface area contributed by atoms with E-state index in [0.29, 0.717) is 26.9 Å². The van der Waals surface area contributed by atoms with Crippen LogP contribution < -0.4 is 9.64 Å². The maximum absolute atomic E-state index is 14.0. The van der Waals surface area contributed by atoms with Crippen LogP contribution in [0.3, 0.4) is 0 Å². The zero-order chi connectivity index (χ0) is 22.2. The fraction of sp³-hybridized carbons (Fsp3) is 0.0417. The molecule has 1 aliphatic rings. The molecule has 0 atom stereocenters. The Morgan fingerprint density at radius 3 is 2.62 bits per heavy atom. The highest BCUT2D eigenvalue weighted by Crippen LogP contribution is 2.36. The number of rotatable bonds is 4. The fourth-order valence-corrected chi connectivity index (χ4v) is 4.55. The molecule has 0 saturated heterocycles. The van der Waals surface area contributed by atoms with E-state index >= 15 is 0 Å². The van der Waals surface area contributed by atoms with Gasteiger partial charge in [0.15, 0.2) is 5.13 Å². The topological polar surface area (TPSA) is 54.8 Å². The highest BCUT2D eigenvalue weighted by Gasteiger charge is 2.34. The van der Waals surface area contributed by atoms with Crippen molar-refractivity contribution in [3.8, 4) is 5.75 Å².